The Morgan fingerprint density at radius 2 is 1.88 bits per heavy atom. The molecule has 2 aliphatic carbocycles. The fourth-order valence-corrected chi connectivity index (χ4v) is 5.37. The molecule has 3 unspecified atom stereocenters. The standard InChI is InChI=1S/C21H38N4O/c1-4-22-20(23-16-9-11-25(12-10-16)14-15-7-8-15)24-18-17-6-5-13-26-19(17)21(18,2)3/h15-19H,4-14H2,1-3H3,(H2,22,23,24). The van der Waals surface area contributed by atoms with E-state index >= 15 is 0 Å². The van der Waals surface area contributed by atoms with Gasteiger partial charge in [-0.3, -0.25) is 4.99 Å². The molecule has 2 saturated heterocycles. The fraction of sp³-hybridized carbons (Fsp3) is 0.952. The van der Waals surface area contributed by atoms with Gasteiger partial charge in [0.2, 0.25) is 0 Å². The lowest BCUT2D eigenvalue weighted by atomic mass is 9.55. The lowest BCUT2D eigenvalue weighted by molar-refractivity contribution is -0.188. The number of hydrogen-bond donors (Lipinski definition) is 2. The highest BCUT2D eigenvalue weighted by molar-refractivity contribution is 5.80. The second-order valence-electron chi connectivity index (χ2n) is 9.53. The van der Waals surface area contributed by atoms with Crippen LogP contribution in [0.1, 0.15) is 59.3 Å². The summed E-state index contributed by atoms with van der Waals surface area (Å²) in [5.74, 6) is 2.67. The Morgan fingerprint density at radius 1 is 1.12 bits per heavy atom. The minimum Gasteiger partial charge on any atom is -0.377 e. The van der Waals surface area contributed by atoms with Crippen LogP contribution in [0, 0.1) is 17.3 Å². The molecule has 4 aliphatic rings. The maximum atomic E-state index is 6.06. The summed E-state index contributed by atoms with van der Waals surface area (Å²) in [6.45, 7) is 12.4. The summed E-state index contributed by atoms with van der Waals surface area (Å²) >= 11 is 0. The number of nitrogens with zero attached hydrogens (tertiary/aromatic N) is 2. The summed E-state index contributed by atoms with van der Waals surface area (Å²) in [5, 5.41) is 7.54. The number of likely N-dealkylation sites (tertiary alicyclic amines) is 1. The smallest absolute Gasteiger partial charge is 0.191 e. The third-order valence-corrected chi connectivity index (χ3v) is 7.08. The lowest BCUT2D eigenvalue weighted by Gasteiger charge is -2.60. The Balaban J connectivity index is 1.30. The Bertz CT molecular complexity index is 508. The monoisotopic (exact) mass is 362 g/mol. The number of aliphatic imine (C=N–C) groups is 1. The Hall–Kier alpha value is -0.810. The molecular weight excluding hydrogens is 324 g/mol. The van der Waals surface area contributed by atoms with E-state index in [0.717, 1.165) is 25.0 Å². The van der Waals surface area contributed by atoms with E-state index in [-0.39, 0.29) is 5.41 Å². The summed E-state index contributed by atoms with van der Waals surface area (Å²) in [6.07, 6.45) is 8.28. The van der Waals surface area contributed by atoms with Crippen LogP contribution in [0.25, 0.3) is 0 Å². The first-order chi connectivity index (χ1) is 12.6. The first kappa shape index (κ1) is 18.5. The van der Waals surface area contributed by atoms with Gasteiger partial charge in [0.05, 0.1) is 6.10 Å². The van der Waals surface area contributed by atoms with E-state index in [1.165, 1.54) is 58.2 Å². The van der Waals surface area contributed by atoms with E-state index in [2.05, 4.69) is 36.3 Å². The highest BCUT2D eigenvalue weighted by Gasteiger charge is 2.58. The van der Waals surface area contributed by atoms with Gasteiger partial charge in [-0.2, -0.15) is 0 Å². The number of hydrogen-bond acceptors (Lipinski definition) is 3. The van der Waals surface area contributed by atoms with Gasteiger partial charge in [-0.05, 0) is 51.4 Å². The molecule has 2 N–H and O–H groups in total. The number of rotatable bonds is 5. The normalized spacial score (nSPS) is 35.5. The molecule has 3 atom stereocenters. The van der Waals surface area contributed by atoms with Crippen LogP contribution in [0.3, 0.4) is 0 Å². The zero-order valence-electron chi connectivity index (χ0n) is 17.0. The van der Waals surface area contributed by atoms with Gasteiger partial charge in [-0.15, -0.1) is 0 Å². The highest BCUT2D eigenvalue weighted by atomic mass is 16.5. The molecule has 0 aromatic carbocycles. The minimum atomic E-state index is 0.189. The van der Waals surface area contributed by atoms with Gasteiger partial charge < -0.3 is 20.3 Å². The largest absolute Gasteiger partial charge is 0.377 e. The van der Waals surface area contributed by atoms with Crippen LogP contribution < -0.4 is 10.6 Å². The van der Waals surface area contributed by atoms with Gasteiger partial charge in [-0.25, -0.2) is 0 Å². The van der Waals surface area contributed by atoms with Crippen molar-refractivity contribution in [2.45, 2.75) is 77.5 Å². The zero-order valence-corrected chi connectivity index (χ0v) is 17.0. The molecule has 2 aliphatic heterocycles. The average Bonchev–Trinajstić information content (AvgIpc) is 3.45. The van der Waals surface area contributed by atoms with Crippen molar-refractivity contribution >= 4 is 5.96 Å². The third-order valence-electron chi connectivity index (χ3n) is 7.08. The number of guanidine groups is 1. The number of nitrogens with one attached hydrogen (secondary N) is 2. The predicted octanol–water partition coefficient (Wildman–Crippen LogP) is 2.62. The van der Waals surface area contributed by atoms with Crippen molar-refractivity contribution in [3.05, 3.63) is 0 Å². The minimum absolute atomic E-state index is 0.189. The van der Waals surface area contributed by atoms with Gasteiger partial charge in [0.15, 0.2) is 5.96 Å². The maximum absolute atomic E-state index is 6.06. The molecule has 0 aromatic heterocycles. The predicted molar refractivity (Wildman–Crippen MR) is 106 cm³/mol. The summed E-state index contributed by atoms with van der Waals surface area (Å²) in [6, 6.07) is 1.03. The van der Waals surface area contributed by atoms with Crippen molar-refractivity contribution in [1.29, 1.82) is 0 Å². The third kappa shape index (κ3) is 3.89. The molecule has 0 bridgehead atoms. The molecule has 0 aromatic rings. The van der Waals surface area contributed by atoms with Gasteiger partial charge >= 0.3 is 0 Å². The highest BCUT2D eigenvalue weighted by Crippen LogP contribution is 2.51. The molecule has 0 radical (unpaired) electrons. The molecule has 26 heavy (non-hydrogen) atoms. The maximum Gasteiger partial charge on any atom is 0.191 e. The van der Waals surface area contributed by atoms with Crippen LogP contribution in [-0.4, -0.2) is 61.8 Å². The summed E-state index contributed by atoms with van der Waals surface area (Å²) < 4.78 is 6.06. The van der Waals surface area contributed by atoms with E-state index in [9.17, 15) is 0 Å². The molecule has 0 spiro atoms. The van der Waals surface area contributed by atoms with Crippen LogP contribution in [0.2, 0.25) is 0 Å². The van der Waals surface area contributed by atoms with Gasteiger partial charge in [0.25, 0.3) is 0 Å². The molecule has 5 nitrogen and oxygen atoms in total. The molecule has 4 fully saturated rings. The van der Waals surface area contributed by atoms with E-state index < -0.39 is 0 Å². The van der Waals surface area contributed by atoms with Crippen molar-refractivity contribution in [3.63, 3.8) is 0 Å². The first-order valence-electron chi connectivity index (χ1n) is 11.0. The van der Waals surface area contributed by atoms with Crippen molar-refractivity contribution in [1.82, 2.24) is 15.5 Å². The van der Waals surface area contributed by atoms with Crippen molar-refractivity contribution in [3.8, 4) is 0 Å². The average molecular weight is 363 g/mol. The van der Waals surface area contributed by atoms with E-state index in [1.807, 2.05) is 0 Å². The topological polar surface area (TPSA) is 48.9 Å². The van der Waals surface area contributed by atoms with Crippen LogP contribution in [0.4, 0.5) is 0 Å². The molecule has 2 heterocycles. The second kappa shape index (κ2) is 7.67. The van der Waals surface area contributed by atoms with Gasteiger partial charge in [0.1, 0.15) is 0 Å². The first-order valence-corrected chi connectivity index (χ1v) is 11.0. The van der Waals surface area contributed by atoms with Crippen LogP contribution in [-0.2, 0) is 4.74 Å². The van der Waals surface area contributed by atoms with E-state index in [4.69, 9.17) is 9.73 Å². The molecular formula is C21H38N4O. The van der Waals surface area contributed by atoms with E-state index in [0.29, 0.717) is 24.1 Å². The Morgan fingerprint density at radius 3 is 2.58 bits per heavy atom. The van der Waals surface area contributed by atoms with Crippen molar-refractivity contribution in [2.24, 2.45) is 22.2 Å². The SMILES string of the molecule is CCN=C(NC1CCN(CC2CC2)CC1)NC1C2CCCOC2C1(C)C. The van der Waals surface area contributed by atoms with Crippen LogP contribution in [0.15, 0.2) is 4.99 Å². The van der Waals surface area contributed by atoms with Gasteiger partial charge in [-0.1, -0.05) is 13.8 Å². The molecule has 0 amide bonds. The quantitative estimate of drug-likeness (QED) is 0.583. The number of fused-ring (bicyclic) bond motifs is 1. The number of piperidine rings is 1. The van der Waals surface area contributed by atoms with Crippen LogP contribution >= 0.6 is 0 Å². The Labute approximate surface area is 159 Å². The van der Waals surface area contributed by atoms with Crippen molar-refractivity contribution in [2.75, 3.05) is 32.8 Å². The zero-order chi connectivity index (χ0) is 18.1. The molecule has 5 heteroatoms. The van der Waals surface area contributed by atoms with Crippen molar-refractivity contribution < 1.29 is 4.74 Å². The Kier molecular flexibility index (Phi) is 5.47. The fourth-order valence-electron chi connectivity index (χ4n) is 5.37. The number of ether oxygens (including phenoxy) is 1. The lowest BCUT2D eigenvalue weighted by Crippen LogP contribution is -2.71. The molecule has 148 valence electrons. The molecule has 2 saturated carbocycles. The summed E-state index contributed by atoms with van der Waals surface area (Å²) in [4.78, 5) is 7.43. The van der Waals surface area contributed by atoms with Crippen LogP contribution in [0.5, 0.6) is 0 Å². The summed E-state index contributed by atoms with van der Waals surface area (Å²) in [5.41, 5.74) is 0.189. The molecule has 4 rings (SSSR count). The summed E-state index contributed by atoms with van der Waals surface area (Å²) in [7, 11) is 0. The second-order valence-corrected chi connectivity index (χ2v) is 9.53. The van der Waals surface area contributed by atoms with Gasteiger partial charge in [0, 0.05) is 56.2 Å². The van der Waals surface area contributed by atoms with E-state index in [1.54, 1.807) is 0 Å².